The Hall–Kier alpha value is -1.65. The van der Waals surface area contributed by atoms with E-state index in [4.69, 9.17) is 0 Å². The van der Waals surface area contributed by atoms with E-state index in [0.717, 1.165) is 12.1 Å². The summed E-state index contributed by atoms with van der Waals surface area (Å²) >= 11 is 1.76. The second-order valence-electron chi connectivity index (χ2n) is 5.62. The SMILES string of the molecule is CC(=O)c1ccc(O)c(CN(Cc2cccs2)C2CC2)c1. The van der Waals surface area contributed by atoms with Gasteiger partial charge in [0.1, 0.15) is 5.75 Å². The summed E-state index contributed by atoms with van der Waals surface area (Å²) in [6.07, 6.45) is 2.44. The molecule has 0 bridgehead atoms. The third-order valence-corrected chi connectivity index (χ3v) is 4.72. The number of thiophene rings is 1. The Bertz CT molecular complexity index is 632. The highest BCUT2D eigenvalue weighted by Gasteiger charge is 2.29. The summed E-state index contributed by atoms with van der Waals surface area (Å²) in [4.78, 5) is 15.2. The van der Waals surface area contributed by atoms with E-state index in [-0.39, 0.29) is 11.5 Å². The van der Waals surface area contributed by atoms with Gasteiger partial charge in [-0.1, -0.05) is 6.07 Å². The molecule has 3 rings (SSSR count). The van der Waals surface area contributed by atoms with Crippen LogP contribution in [0.1, 0.15) is 40.6 Å². The molecule has 0 atom stereocenters. The smallest absolute Gasteiger partial charge is 0.159 e. The molecule has 1 saturated carbocycles. The van der Waals surface area contributed by atoms with E-state index in [1.807, 2.05) is 6.07 Å². The van der Waals surface area contributed by atoms with Crippen molar-refractivity contribution in [3.63, 3.8) is 0 Å². The zero-order valence-electron chi connectivity index (χ0n) is 12.1. The Morgan fingerprint density at radius 1 is 1.33 bits per heavy atom. The number of hydrogen-bond acceptors (Lipinski definition) is 4. The van der Waals surface area contributed by atoms with Gasteiger partial charge in [0.2, 0.25) is 0 Å². The molecule has 1 heterocycles. The van der Waals surface area contributed by atoms with Crippen molar-refractivity contribution in [1.29, 1.82) is 0 Å². The van der Waals surface area contributed by atoms with Crippen LogP contribution in [-0.4, -0.2) is 21.8 Å². The molecule has 0 saturated heterocycles. The van der Waals surface area contributed by atoms with Gasteiger partial charge in [-0.3, -0.25) is 9.69 Å². The highest BCUT2D eigenvalue weighted by Crippen LogP contribution is 2.32. The number of Topliss-reactive ketones (excluding diaryl/α,β-unsaturated/α-hetero) is 1. The van der Waals surface area contributed by atoms with Crippen molar-refractivity contribution in [2.75, 3.05) is 0 Å². The first-order valence-electron chi connectivity index (χ1n) is 7.23. The Labute approximate surface area is 128 Å². The average molecular weight is 301 g/mol. The number of rotatable bonds is 6. The molecular formula is C17H19NO2S. The third-order valence-electron chi connectivity index (χ3n) is 3.86. The zero-order chi connectivity index (χ0) is 14.8. The molecule has 0 amide bonds. The van der Waals surface area contributed by atoms with Crippen LogP contribution in [0, 0.1) is 0 Å². The summed E-state index contributed by atoms with van der Waals surface area (Å²) in [6.45, 7) is 3.15. The van der Waals surface area contributed by atoms with Crippen LogP contribution in [0.3, 0.4) is 0 Å². The number of hydrogen-bond donors (Lipinski definition) is 1. The Morgan fingerprint density at radius 3 is 2.76 bits per heavy atom. The molecule has 21 heavy (non-hydrogen) atoms. The molecule has 1 aliphatic rings. The van der Waals surface area contributed by atoms with Gasteiger partial charge in [0.15, 0.2) is 5.78 Å². The second-order valence-corrected chi connectivity index (χ2v) is 6.65. The van der Waals surface area contributed by atoms with Crippen molar-refractivity contribution in [3.05, 3.63) is 51.7 Å². The third kappa shape index (κ3) is 3.52. The van der Waals surface area contributed by atoms with Crippen LogP contribution >= 0.6 is 11.3 Å². The van der Waals surface area contributed by atoms with Crippen molar-refractivity contribution < 1.29 is 9.90 Å². The van der Waals surface area contributed by atoms with E-state index in [0.29, 0.717) is 18.2 Å². The lowest BCUT2D eigenvalue weighted by Gasteiger charge is -2.22. The molecule has 0 radical (unpaired) electrons. The lowest BCUT2D eigenvalue weighted by molar-refractivity contribution is 0.101. The highest BCUT2D eigenvalue weighted by molar-refractivity contribution is 7.09. The van der Waals surface area contributed by atoms with Gasteiger partial charge in [-0.15, -0.1) is 11.3 Å². The van der Waals surface area contributed by atoms with Crippen LogP contribution < -0.4 is 0 Å². The molecule has 3 nitrogen and oxygen atoms in total. The lowest BCUT2D eigenvalue weighted by atomic mass is 10.1. The van der Waals surface area contributed by atoms with Gasteiger partial charge in [-0.2, -0.15) is 0 Å². The molecule has 0 unspecified atom stereocenters. The Morgan fingerprint density at radius 2 is 2.14 bits per heavy atom. The molecular weight excluding hydrogens is 282 g/mol. The minimum atomic E-state index is 0.0347. The van der Waals surface area contributed by atoms with Crippen LogP contribution in [0.25, 0.3) is 0 Å². The molecule has 1 aromatic carbocycles. The summed E-state index contributed by atoms with van der Waals surface area (Å²) in [7, 11) is 0. The number of carbonyl (C=O) groups is 1. The summed E-state index contributed by atoms with van der Waals surface area (Å²) in [5.74, 6) is 0.310. The predicted molar refractivity (Wildman–Crippen MR) is 84.7 cm³/mol. The average Bonchev–Trinajstić information content (AvgIpc) is 3.18. The predicted octanol–water partition coefficient (Wildman–Crippen LogP) is 3.82. The first-order valence-corrected chi connectivity index (χ1v) is 8.10. The summed E-state index contributed by atoms with van der Waals surface area (Å²) in [5, 5.41) is 12.2. The maximum atomic E-state index is 11.5. The summed E-state index contributed by atoms with van der Waals surface area (Å²) < 4.78 is 0. The number of ketones is 1. The van der Waals surface area contributed by atoms with Crippen molar-refractivity contribution in [2.24, 2.45) is 0 Å². The number of aromatic hydroxyl groups is 1. The Kier molecular flexibility index (Phi) is 4.08. The zero-order valence-corrected chi connectivity index (χ0v) is 12.9. The van der Waals surface area contributed by atoms with Gasteiger partial charge in [0, 0.05) is 35.1 Å². The van der Waals surface area contributed by atoms with E-state index in [9.17, 15) is 9.90 Å². The molecule has 0 spiro atoms. The van der Waals surface area contributed by atoms with Gasteiger partial charge in [0.05, 0.1) is 0 Å². The standard InChI is InChI=1S/C17H19NO2S/c1-12(19)13-4-7-17(20)14(9-13)10-18(15-5-6-15)11-16-3-2-8-21-16/h2-4,7-9,15,20H,5-6,10-11H2,1H3. The minimum Gasteiger partial charge on any atom is -0.508 e. The highest BCUT2D eigenvalue weighted by atomic mass is 32.1. The number of benzene rings is 1. The van der Waals surface area contributed by atoms with Crippen LogP contribution in [-0.2, 0) is 13.1 Å². The van der Waals surface area contributed by atoms with Crippen molar-refractivity contribution in [3.8, 4) is 5.75 Å². The van der Waals surface area contributed by atoms with Crippen LogP contribution in [0.5, 0.6) is 5.75 Å². The summed E-state index contributed by atoms with van der Waals surface area (Å²) in [5.41, 5.74) is 1.50. The van der Waals surface area contributed by atoms with E-state index in [1.54, 1.807) is 30.4 Å². The van der Waals surface area contributed by atoms with Gasteiger partial charge in [0.25, 0.3) is 0 Å². The molecule has 1 N–H and O–H groups in total. The largest absolute Gasteiger partial charge is 0.508 e. The van der Waals surface area contributed by atoms with Gasteiger partial charge in [-0.25, -0.2) is 0 Å². The van der Waals surface area contributed by atoms with Gasteiger partial charge >= 0.3 is 0 Å². The molecule has 1 aromatic heterocycles. The normalized spacial score (nSPS) is 14.6. The van der Waals surface area contributed by atoms with E-state index in [2.05, 4.69) is 22.4 Å². The first-order chi connectivity index (χ1) is 10.1. The summed E-state index contributed by atoms with van der Waals surface area (Å²) in [6, 6.07) is 9.95. The maximum Gasteiger partial charge on any atom is 0.159 e. The van der Waals surface area contributed by atoms with Crippen LogP contribution in [0.4, 0.5) is 0 Å². The monoisotopic (exact) mass is 301 g/mol. The lowest BCUT2D eigenvalue weighted by Crippen LogP contribution is -2.24. The quantitative estimate of drug-likeness (QED) is 0.825. The van der Waals surface area contributed by atoms with E-state index >= 15 is 0 Å². The number of phenolic OH excluding ortho intramolecular Hbond substituents is 1. The van der Waals surface area contributed by atoms with Gasteiger partial charge < -0.3 is 5.11 Å². The van der Waals surface area contributed by atoms with Crippen molar-refractivity contribution >= 4 is 17.1 Å². The van der Waals surface area contributed by atoms with Crippen molar-refractivity contribution in [2.45, 2.75) is 38.9 Å². The van der Waals surface area contributed by atoms with Gasteiger partial charge in [-0.05, 0) is 49.4 Å². The fourth-order valence-corrected chi connectivity index (χ4v) is 3.24. The maximum absolute atomic E-state index is 11.5. The molecule has 0 aliphatic heterocycles. The minimum absolute atomic E-state index is 0.0347. The van der Waals surface area contributed by atoms with E-state index < -0.39 is 0 Å². The second kappa shape index (κ2) is 6.00. The molecule has 2 aromatic rings. The van der Waals surface area contributed by atoms with Crippen LogP contribution in [0.15, 0.2) is 35.7 Å². The molecule has 110 valence electrons. The number of carbonyl (C=O) groups excluding carboxylic acids is 1. The van der Waals surface area contributed by atoms with E-state index in [1.165, 1.54) is 17.7 Å². The van der Waals surface area contributed by atoms with Crippen molar-refractivity contribution in [1.82, 2.24) is 4.90 Å². The molecule has 4 heteroatoms. The van der Waals surface area contributed by atoms with Crippen LogP contribution in [0.2, 0.25) is 0 Å². The molecule has 1 fully saturated rings. The first kappa shape index (κ1) is 14.3. The molecule has 1 aliphatic carbocycles. The number of phenols is 1. The number of nitrogens with zero attached hydrogens (tertiary/aromatic N) is 1. The topological polar surface area (TPSA) is 40.5 Å². The fraction of sp³-hybridized carbons (Fsp3) is 0.353. The fourth-order valence-electron chi connectivity index (χ4n) is 2.51. The Balaban J connectivity index is 1.79.